The van der Waals surface area contributed by atoms with Gasteiger partial charge in [0.2, 0.25) is 0 Å². The van der Waals surface area contributed by atoms with E-state index in [2.05, 4.69) is 59.0 Å². The summed E-state index contributed by atoms with van der Waals surface area (Å²) in [5, 5.41) is 14.5. The molecule has 0 saturated carbocycles. The minimum absolute atomic E-state index is 0.220. The lowest BCUT2D eigenvalue weighted by Gasteiger charge is -2.19. The Labute approximate surface area is 142 Å². The maximum atomic E-state index is 9.84. The van der Waals surface area contributed by atoms with E-state index in [4.69, 9.17) is 4.74 Å². The SMILES string of the molecule is COC[C@H](O)CNCC(c1ccccc1)c1c[nH]c2ccccc12. The van der Waals surface area contributed by atoms with Crippen LogP contribution in [-0.2, 0) is 4.74 Å². The average molecular weight is 324 g/mol. The standard InChI is InChI=1S/C20H24N2O2/c1-24-14-16(23)11-21-12-18(15-7-3-2-4-8-15)19-13-22-20-10-6-5-9-17(19)20/h2-10,13,16,18,21-23H,11-12,14H2,1H3/t16-,18?/m1/s1. The molecule has 4 heteroatoms. The normalized spacial score (nSPS) is 13.9. The van der Waals surface area contributed by atoms with Crippen LogP contribution in [0.2, 0.25) is 0 Å². The summed E-state index contributed by atoms with van der Waals surface area (Å²) >= 11 is 0. The van der Waals surface area contributed by atoms with Crippen LogP contribution in [0.4, 0.5) is 0 Å². The Hall–Kier alpha value is -2.14. The number of aliphatic hydroxyl groups is 1. The first-order valence-electron chi connectivity index (χ1n) is 8.28. The fraction of sp³-hybridized carbons (Fsp3) is 0.300. The summed E-state index contributed by atoms with van der Waals surface area (Å²) in [4.78, 5) is 3.36. The molecular weight excluding hydrogens is 300 g/mol. The van der Waals surface area contributed by atoms with Crippen molar-refractivity contribution in [3.05, 3.63) is 71.9 Å². The van der Waals surface area contributed by atoms with Crippen LogP contribution in [0.3, 0.4) is 0 Å². The summed E-state index contributed by atoms with van der Waals surface area (Å²) < 4.78 is 4.98. The maximum absolute atomic E-state index is 9.84. The van der Waals surface area contributed by atoms with Crippen LogP contribution in [0.1, 0.15) is 17.0 Å². The second-order valence-electron chi connectivity index (χ2n) is 6.02. The summed E-state index contributed by atoms with van der Waals surface area (Å²) in [5.41, 5.74) is 3.68. The van der Waals surface area contributed by atoms with E-state index in [1.807, 2.05) is 12.1 Å². The van der Waals surface area contributed by atoms with E-state index in [-0.39, 0.29) is 5.92 Å². The van der Waals surface area contributed by atoms with Crippen molar-refractivity contribution in [3.63, 3.8) is 0 Å². The van der Waals surface area contributed by atoms with Crippen molar-refractivity contribution < 1.29 is 9.84 Å². The third kappa shape index (κ3) is 3.85. The Morgan fingerprint density at radius 3 is 2.58 bits per heavy atom. The van der Waals surface area contributed by atoms with Gasteiger partial charge in [-0.15, -0.1) is 0 Å². The van der Waals surface area contributed by atoms with E-state index in [0.29, 0.717) is 13.2 Å². The first-order valence-corrected chi connectivity index (χ1v) is 8.28. The van der Waals surface area contributed by atoms with Crippen LogP contribution in [0.15, 0.2) is 60.8 Å². The highest BCUT2D eigenvalue weighted by Crippen LogP contribution is 2.30. The zero-order valence-corrected chi connectivity index (χ0v) is 13.9. The second-order valence-corrected chi connectivity index (χ2v) is 6.02. The molecule has 1 unspecified atom stereocenters. The third-order valence-electron chi connectivity index (χ3n) is 4.29. The molecule has 3 N–H and O–H groups in total. The number of ether oxygens (including phenoxy) is 1. The zero-order valence-electron chi connectivity index (χ0n) is 13.9. The number of H-pyrrole nitrogens is 1. The Bertz CT molecular complexity index is 754. The average Bonchev–Trinajstić information content (AvgIpc) is 3.04. The molecule has 0 amide bonds. The van der Waals surface area contributed by atoms with Gasteiger partial charge < -0.3 is 20.1 Å². The monoisotopic (exact) mass is 324 g/mol. The van der Waals surface area contributed by atoms with Gasteiger partial charge in [-0.25, -0.2) is 0 Å². The molecule has 0 aliphatic rings. The number of rotatable bonds is 8. The highest BCUT2D eigenvalue weighted by Gasteiger charge is 2.18. The largest absolute Gasteiger partial charge is 0.389 e. The predicted octanol–water partition coefficient (Wildman–Crippen LogP) is 2.90. The van der Waals surface area contributed by atoms with Crippen LogP contribution in [0, 0.1) is 0 Å². The van der Waals surface area contributed by atoms with E-state index in [0.717, 1.165) is 12.1 Å². The molecule has 24 heavy (non-hydrogen) atoms. The van der Waals surface area contributed by atoms with Crippen molar-refractivity contribution in [1.82, 2.24) is 10.3 Å². The summed E-state index contributed by atoms with van der Waals surface area (Å²) in [6.45, 7) is 1.61. The number of fused-ring (bicyclic) bond motifs is 1. The van der Waals surface area contributed by atoms with E-state index < -0.39 is 6.10 Å². The van der Waals surface area contributed by atoms with E-state index in [9.17, 15) is 5.11 Å². The number of para-hydroxylation sites is 1. The molecule has 126 valence electrons. The number of aromatic nitrogens is 1. The highest BCUT2D eigenvalue weighted by atomic mass is 16.5. The smallest absolute Gasteiger partial charge is 0.0897 e. The number of hydrogen-bond donors (Lipinski definition) is 3. The molecule has 0 spiro atoms. The number of nitrogens with one attached hydrogen (secondary N) is 2. The third-order valence-corrected chi connectivity index (χ3v) is 4.29. The van der Waals surface area contributed by atoms with Gasteiger partial charge in [0.1, 0.15) is 0 Å². The molecule has 1 aromatic heterocycles. The molecule has 3 aromatic rings. The Morgan fingerprint density at radius 1 is 1.04 bits per heavy atom. The van der Waals surface area contributed by atoms with Crippen molar-refractivity contribution in [2.45, 2.75) is 12.0 Å². The van der Waals surface area contributed by atoms with Crippen LogP contribution in [0.25, 0.3) is 10.9 Å². The van der Waals surface area contributed by atoms with Crippen LogP contribution in [-0.4, -0.2) is 43.0 Å². The molecule has 0 aliphatic heterocycles. The molecule has 1 heterocycles. The molecule has 0 bridgehead atoms. The Kier molecular flexibility index (Phi) is 5.64. The highest BCUT2D eigenvalue weighted by molar-refractivity contribution is 5.84. The van der Waals surface area contributed by atoms with Gasteiger partial charge in [0.25, 0.3) is 0 Å². The fourth-order valence-electron chi connectivity index (χ4n) is 3.12. The summed E-state index contributed by atoms with van der Waals surface area (Å²) in [7, 11) is 1.60. The van der Waals surface area contributed by atoms with Gasteiger partial charge in [-0.3, -0.25) is 0 Å². The van der Waals surface area contributed by atoms with Crippen molar-refractivity contribution in [2.75, 3.05) is 26.8 Å². The van der Waals surface area contributed by atoms with E-state index in [1.165, 1.54) is 16.5 Å². The first kappa shape index (κ1) is 16.7. The first-order chi connectivity index (χ1) is 11.8. The summed E-state index contributed by atoms with van der Waals surface area (Å²) in [5.74, 6) is 0.220. The van der Waals surface area contributed by atoms with E-state index >= 15 is 0 Å². The van der Waals surface area contributed by atoms with E-state index in [1.54, 1.807) is 7.11 Å². The summed E-state index contributed by atoms with van der Waals surface area (Å²) in [6, 6.07) is 18.8. The Balaban J connectivity index is 1.83. The van der Waals surface area contributed by atoms with Gasteiger partial charge in [0.05, 0.1) is 12.7 Å². The molecule has 0 saturated heterocycles. The minimum Gasteiger partial charge on any atom is -0.389 e. The number of benzene rings is 2. The molecule has 2 aromatic carbocycles. The van der Waals surface area contributed by atoms with Crippen LogP contribution < -0.4 is 5.32 Å². The predicted molar refractivity (Wildman–Crippen MR) is 97.3 cm³/mol. The quantitative estimate of drug-likeness (QED) is 0.597. The van der Waals surface area contributed by atoms with Gasteiger partial charge >= 0.3 is 0 Å². The van der Waals surface area contributed by atoms with Crippen molar-refractivity contribution in [1.29, 1.82) is 0 Å². The second kappa shape index (κ2) is 8.11. The molecule has 0 fully saturated rings. The van der Waals surface area contributed by atoms with Crippen LogP contribution in [0.5, 0.6) is 0 Å². The lowest BCUT2D eigenvalue weighted by molar-refractivity contribution is 0.0646. The summed E-state index contributed by atoms with van der Waals surface area (Å²) in [6.07, 6.45) is 1.60. The lowest BCUT2D eigenvalue weighted by Crippen LogP contribution is -2.33. The molecule has 4 nitrogen and oxygen atoms in total. The molecule has 0 aliphatic carbocycles. The number of methoxy groups -OCH3 is 1. The van der Waals surface area contributed by atoms with Crippen molar-refractivity contribution in [3.8, 4) is 0 Å². The number of aromatic amines is 1. The molecule has 2 atom stereocenters. The van der Waals surface area contributed by atoms with Gasteiger partial charge in [-0.05, 0) is 17.2 Å². The minimum atomic E-state index is -0.491. The lowest BCUT2D eigenvalue weighted by atomic mass is 9.91. The maximum Gasteiger partial charge on any atom is 0.0897 e. The van der Waals surface area contributed by atoms with Crippen LogP contribution >= 0.6 is 0 Å². The Morgan fingerprint density at radius 2 is 1.79 bits per heavy atom. The van der Waals surface area contributed by atoms with Gasteiger partial charge in [0.15, 0.2) is 0 Å². The zero-order chi connectivity index (χ0) is 16.8. The molecular formula is C20H24N2O2. The van der Waals surface area contributed by atoms with Crippen molar-refractivity contribution >= 4 is 10.9 Å². The molecule has 0 radical (unpaired) electrons. The van der Waals surface area contributed by atoms with Gasteiger partial charge in [-0.1, -0.05) is 48.5 Å². The van der Waals surface area contributed by atoms with Gasteiger partial charge in [0, 0.05) is 43.2 Å². The van der Waals surface area contributed by atoms with Gasteiger partial charge in [-0.2, -0.15) is 0 Å². The molecule has 3 rings (SSSR count). The number of aliphatic hydroxyl groups excluding tert-OH is 1. The van der Waals surface area contributed by atoms with Crippen molar-refractivity contribution in [2.24, 2.45) is 0 Å². The topological polar surface area (TPSA) is 57.3 Å². The number of hydrogen-bond acceptors (Lipinski definition) is 3. The fourth-order valence-corrected chi connectivity index (χ4v) is 3.12.